The van der Waals surface area contributed by atoms with Crippen LogP contribution in [-0.4, -0.2) is 17.6 Å². The van der Waals surface area contributed by atoms with Crippen LogP contribution in [0.15, 0.2) is 30.5 Å². The van der Waals surface area contributed by atoms with Gasteiger partial charge in [0.2, 0.25) is 0 Å². The minimum absolute atomic E-state index is 0.000360. The zero-order valence-electron chi connectivity index (χ0n) is 11.2. The lowest BCUT2D eigenvalue weighted by atomic mass is 10.2. The smallest absolute Gasteiger partial charge is 0.340 e. The Kier molecular flexibility index (Phi) is 4.32. The summed E-state index contributed by atoms with van der Waals surface area (Å²) >= 11 is 0. The summed E-state index contributed by atoms with van der Waals surface area (Å²) in [6.45, 7) is 1.86. The zero-order valence-corrected chi connectivity index (χ0v) is 11.2. The molecule has 0 saturated heterocycles. The normalized spacial score (nSPS) is 10.2. The Hall–Kier alpha value is -2.70. The molecule has 2 aromatic rings. The number of halogens is 2. The molecule has 0 atom stereocenters. The number of ether oxygens (including phenoxy) is 1. The average molecular weight is 293 g/mol. The number of aromatic nitrogens is 1. The number of benzene rings is 1. The lowest BCUT2D eigenvalue weighted by Crippen LogP contribution is -2.11. The highest BCUT2D eigenvalue weighted by molar-refractivity contribution is 5.98. The molecule has 0 bridgehead atoms. The first-order valence-electron chi connectivity index (χ1n) is 6.16. The van der Waals surface area contributed by atoms with Crippen LogP contribution in [0.3, 0.4) is 0 Å². The molecule has 0 fully saturated rings. The van der Waals surface area contributed by atoms with E-state index in [1.54, 1.807) is 6.92 Å². The fourth-order valence-electron chi connectivity index (χ4n) is 1.68. The number of hydrogen-bond acceptors (Lipinski definition) is 5. The first kappa shape index (κ1) is 14.7. The maximum Gasteiger partial charge on any atom is 0.340 e. The van der Waals surface area contributed by atoms with E-state index in [9.17, 15) is 13.6 Å². The number of nitrogens with zero attached hydrogens (tertiary/aromatic N) is 1. The highest BCUT2D eigenvalue weighted by Gasteiger charge is 2.15. The number of esters is 1. The predicted molar refractivity (Wildman–Crippen MR) is 74.2 cm³/mol. The molecule has 0 amide bonds. The molecule has 2 rings (SSSR count). The van der Waals surface area contributed by atoms with E-state index in [-0.39, 0.29) is 29.4 Å². The SMILES string of the molecule is CCOC(=O)c1ccnc(Nc2cc(F)ccc2F)c1N. The lowest BCUT2D eigenvalue weighted by molar-refractivity contribution is 0.0527. The van der Waals surface area contributed by atoms with Gasteiger partial charge in [-0.1, -0.05) is 0 Å². The van der Waals surface area contributed by atoms with Crippen LogP contribution in [0, 0.1) is 11.6 Å². The topological polar surface area (TPSA) is 77.2 Å². The summed E-state index contributed by atoms with van der Waals surface area (Å²) in [7, 11) is 0. The Labute approximate surface area is 119 Å². The number of nitrogens with one attached hydrogen (secondary N) is 1. The number of hydrogen-bond donors (Lipinski definition) is 2. The second-order valence-electron chi connectivity index (χ2n) is 4.09. The third-order valence-electron chi connectivity index (χ3n) is 2.67. The van der Waals surface area contributed by atoms with Gasteiger partial charge in [0.25, 0.3) is 0 Å². The third-order valence-corrected chi connectivity index (χ3v) is 2.67. The second-order valence-corrected chi connectivity index (χ2v) is 4.09. The Balaban J connectivity index is 2.35. The highest BCUT2D eigenvalue weighted by Crippen LogP contribution is 2.26. The van der Waals surface area contributed by atoms with Crippen LogP contribution in [-0.2, 0) is 4.74 Å². The molecule has 21 heavy (non-hydrogen) atoms. The van der Waals surface area contributed by atoms with Crippen molar-refractivity contribution in [2.45, 2.75) is 6.92 Å². The van der Waals surface area contributed by atoms with Crippen LogP contribution in [0.25, 0.3) is 0 Å². The molecule has 0 saturated carbocycles. The van der Waals surface area contributed by atoms with E-state index < -0.39 is 17.6 Å². The number of rotatable bonds is 4. The Morgan fingerprint density at radius 3 is 2.86 bits per heavy atom. The number of carbonyl (C=O) groups excluding carboxylic acids is 1. The molecule has 0 aliphatic rings. The molecule has 0 unspecified atom stereocenters. The highest BCUT2D eigenvalue weighted by atomic mass is 19.1. The first-order valence-corrected chi connectivity index (χ1v) is 6.16. The van der Waals surface area contributed by atoms with Crippen molar-refractivity contribution in [2.75, 3.05) is 17.7 Å². The van der Waals surface area contributed by atoms with E-state index in [1.165, 1.54) is 12.3 Å². The van der Waals surface area contributed by atoms with E-state index in [0.29, 0.717) is 0 Å². The quantitative estimate of drug-likeness (QED) is 0.848. The van der Waals surface area contributed by atoms with Crippen molar-refractivity contribution in [3.63, 3.8) is 0 Å². The Morgan fingerprint density at radius 2 is 2.14 bits per heavy atom. The van der Waals surface area contributed by atoms with Crippen molar-refractivity contribution in [2.24, 2.45) is 0 Å². The summed E-state index contributed by atoms with van der Waals surface area (Å²) in [5, 5.41) is 2.56. The van der Waals surface area contributed by atoms with Crippen LogP contribution in [0.1, 0.15) is 17.3 Å². The standard InChI is InChI=1S/C14H13F2N3O2/c1-2-21-14(20)9-5-6-18-13(12(9)17)19-11-7-8(15)3-4-10(11)16/h3-7H,2,17H2,1H3,(H,18,19). The second kappa shape index (κ2) is 6.17. The number of anilines is 3. The molecule has 0 aliphatic heterocycles. The molecule has 7 heteroatoms. The van der Waals surface area contributed by atoms with Gasteiger partial charge in [-0.25, -0.2) is 18.6 Å². The zero-order chi connectivity index (χ0) is 15.4. The average Bonchev–Trinajstić information content (AvgIpc) is 2.45. The van der Waals surface area contributed by atoms with Crippen molar-refractivity contribution < 1.29 is 18.3 Å². The molecule has 3 N–H and O–H groups in total. The molecule has 0 radical (unpaired) electrons. The summed E-state index contributed by atoms with van der Waals surface area (Å²) in [4.78, 5) is 15.6. The number of pyridine rings is 1. The molecule has 5 nitrogen and oxygen atoms in total. The molecular weight excluding hydrogens is 280 g/mol. The van der Waals surface area contributed by atoms with Crippen LogP contribution >= 0.6 is 0 Å². The van der Waals surface area contributed by atoms with Crippen LogP contribution in [0.4, 0.5) is 26.0 Å². The van der Waals surface area contributed by atoms with Gasteiger partial charge in [0.05, 0.1) is 23.5 Å². The maximum atomic E-state index is 13.6. The Morgan fingerprint density at radius 1 is 1.38 bits per heavy atom. The van der Waals surface area contributed by atoms with Gasteiger partial charge in [0.1, 0.15) is 11.6 Å². The largest absolute Gasteiger partial charge is 0.462 e. The molecule has 1 heterocycles. The first-order chi connectivity index (χ1) is 10.0. The van der Waals surface area contributed by atoms with Gasteiger partial charge in [0.15, 0.2) is 5.82 Å². The van der Waals surface area contributed by atoms with Gasteiger partial charge < -0.3 is 15.8 Å². The fourth-order valence-corrected chi connectivity index (χ4v) is 1.68. The lowest BCUT2D eigenvalue weighted by Gasteiger charge is -2.12. The molecule has 0 spiro atoms. The number of carbonyl (C=O) groups is 1. The molecular formula is C14H13F2N3O2. The molecule has 1 aromatic heterocycles. The van der Waals surface area contributed by atoms with Gasteiger partial charge >= 0.3 is 5.97 Å². The van der Waals surface area contributed by atoms with Crippen molar-refractivity contribution in [1.82, 2.24) is 4.98 Å². The van der Waals surface area contributed by atoms with Gasteiger partial charge in [0, 0.05) is 12.3 Å². The van der Waals surface area contributed by atoms with Gasteiger partial charge in [-0.3, -0.25) is 0 Å². The predicted octanol–water partition coefficient (Wildman–Crippen LogP) is 2.86. The van der Waals surface area contributed by atoms with Crippen LogP contribution in [0.2, 0.25) is 0 Å². The summed E-state index contributed by atoms with van der Waals surface area (Å²) < 4.78 is 31.6. The van der Waals surface area contributed by atoms with Crippen molar-refractivity contribution >= 4 is 23.2 Å². The minimum atomic E-state index is -0.667. The molecule has 110 valence electrons. The van der Waals surface area contributed by atoms with E-state index in [1.807, 2.05) is 0 Å². The maximum absolute atomic E-state index is 13.6. The summed E-state index contributed by atoms with van der Waals surface area (Å²) in [5.74, 6) is -1.84. The Bertz CT molecular complexity index is 677. The van der Waals surface area contributed by atoms with E-state index in [0.717, 1.165) is 18.2 Å². The van der Waals surface area contributed by atoms with Crippen molar-refractivity contribution in [1.29, 1.82) is 0 Å². The van der Waals surface area contributed by atoms with Crippen LogP contribution < -0.4 is 11.1 Å². The van der Waals surface area contributed by atoms with Gasteiger partial charge in [-0.15, -0.1) is 0 Å². The van der Waals surface area contributed by atoms with Crippen molar-refractivity contribution in [3.8, 4) is 0 Å². The third kappa shape index (κ3) is 3.25. The minimum Gasteiger partial charge on any atom is -0.462 e. The molecule has 0 aliphatic carbocycles. The fraction of sp³-hybridized carbons (Fsp3) is 0.143. The number of nitrogens with two attached hydrogens (primary N) is 1. The molecule has 1 aromatic carbocycles. The summed E-state index contributed by atoms with van der Waals surface area (Å²) in [6.07, 6.45) is 1.32. The monoisotopic (exact) mass is 293 g/mol. The van der Waals surface area contributed by atoms with E-state index in [4.69, 9.17) is 10.5 Å². The van der Waals surface area contributed by atoms with Crippen LogP contribution in [0.5, 0.6) is 0 Å². The summed E-state index contributed by atoms with van der Waals surface area (Å²) in [5.41, 5.74) is 5.78. The van der Waals surface area contributed by atoms with E-state index >= 15 is 0 Å². The van der Waals surface area contributed by atoms with Crippen molar-refractivity contribution in [3.05, 3.63) is 47.7 Å². The van der Waals surface area contributed by atoms with E-state index in [2.05, 4.69) is 10.3 Å². The van der Waals surface area contributed by atoms with Gasteiger partial charge in [-0.2, -0.15) is 0 Å². The summed E-state index contributed by atoms with van der Waals surface area (Å²) in [6, 6.07) is 4.32. The van der Waals surface area contributed by atoms with Gasteiger partial charge in [-0.05, 0) is 25.1 Å². The number of nitrogen functional groups attached to an aromatic ring is 1.